The third kappa shape index (κ3) is 4.11. The summed E-state index contributed by atoms with van der Waals surface area (Å²) >= 11 is 0. The minimum absolute atomic E-state index is 0.302. The molecule has 1 fully saturated rings. The molecule has 0 amide bonds. The number of carbonyl (C=O) groups excluding carboxylic acids is 1. The fourth-order valence-corrected chi connectivity index (χ4v) is 4.56. The van der Waals surface area contributed by atoms with E-state index in [-0.39, 0.29) is 0 Å². The fraction of sp³-hybridized carbons (Fsp3) is 0.346. The summed E-state index contributed by atoms with van der Waals surface area (Å²) in [7, 11) is 0. The Morgan fingerprint density at radius 2 is 1.84 bits per heavy atom. The Morgan fingerprint density at radius 1 is 1.16 bits per heavy atom. The number of carboxylic acid groups (broad SMARTS) is 1. The van der Waals surface area contributed by atoms with Crippen LogP contribution < -0.4 is 4.74 Å². The lowest BCUT2D eigenvalue weighted by molar-refractivity contribution is -0.145. The second-order valence-corrected chi connectivity index (χ2v) is 8.45. The third-order valence-electron chi connectivity index (χ3n) is 6.23. The SMILES string of the molecule is CCCOC(=O)C=C[C@H]1C(C)(C)[C@]1(C(=O)O)C(C#N)c1cccc(Oc2ccccc2)c1. The van der Waals surface area contributed by atoms with Crippen LogP contribution in [-0.2, 0) is 14.3 Å². The molecule has 6 heteroatoms. The number of hydrogen-bond acceptors (Lipinski definition) is 5. The Labute approximate surface area is 188 Å². The number of para-hydroxylation sites is 1. The van der Waals surface area contributed by atoms with E-state index in [1.54, 1.807) is 30.3 Å². The number of rotatable bonds is 9. The number of aliphatic carboxylic acids is 1. The van der Waals surface area contributed by atoms with E-state index in [9.17, 15) is 20.0 Å². The maximum atomic E-state index is 12.5. The molecule has 3 atom stereocenters. The molecule has 2 aromatic rings. The number of nitrogens with zero attached hydrogens (tertiary/aromatic N) is 1. The molecule has 0 bridgehead atoms. The molecule has 0 aliphatic heterocycles. The first-order chi connectivity index (χ1) is 15.3. The van der Waals surface area contributed by atoms with E-state index in [1.165, 1.54) is 6.08 Å². The van der Waals surface area contributed by atoms with Gasteiger partial charge >= 0.3 is 11.9 Å². The zero-order valence-corrected chi connectivity index (χ0v) is 18.4. The Hall–Kier alpha value is -3.59. The zero-order chi connectivity index (χ0) is 23.4. The maximum Gasteiger partial charge on any atom is 0.330 e. The largest absolute Gasteiger partial charge is 0.481 e. The molecule has 1 aliphatic carbocycles. The summed E-state index contributed by atoms with van der Waals surface area (Å²) in [5.41, 5.74) is -1.56. The van der Waals surface area contributed by atoms with E-state index in [0.29, 0.717) is 30.1 Å². The van der Waals surface area contributed by atoms with E-state index in [0.717, 1.165) is 0 Å². The van der Waals surface area contributed by atoms with Crippen LogP contribution in [0.4, 0.5) is 0 Å². The molecular formula is C26H27NO5. The van der Waals surface area contributed by atoms with Gasteiger partial charge in [0.1, 0.15) is 16.9 Å². The fourth-order valence-electron chi connectivity index (χ4n) is 4.56. The second-order valence-electron chi connectivity index (χ2n) is 8.45. The summed E-state index contributed by atoms with van der Waals surface area (Å²) in [6.07, 6.45) is 3.54. The van der Waals surface area contributed by atoms with Crippen LogP contribution in [0, 0.1) is 28.1 Å². The summed E-state index contributed by atoms with van der Waals surface area (Å²) in [6.45, 7) is 5.81. The molecule has 3 rings (SSSR count). The van der Waals surface area contributed by atoms with Gasteiger partial charge < -0.3 is 14.6 Å². The van der Waals surface area contributed by atoms with Crippen LogP contribution in [0.3, 0.4) is 0 Å². The van der Waals surface area contributed by atoms with Crippen LogP contribution in [0.25, 0.3) is 0 Å². The lowest BCUT2D eigenvalue weighted by Gasteiger charge is -2.22. The first-order valence-corrected chi connectivity index (χ1v) is 10.6. The monoisotopic (exact) mass is 433 g/mol. The number of carboxylic acids is 1. The highest BCUT2D eigenvalue weighted by Crippen LogP contribution is 2.75. The van der Waals surface area contributed by atoms with Gasteiger partial charge in [0.05, 0.1) is 18.6 Å². The van der Waals surface area contributed by atoms with Gasteiger partial charge in [-0.15, -0.1) is 0 Å². The summed E-state index contributed by atoms with van der Waals surface area (Å²) in [6, 6.07) is 18.4. The molecule has 0 spiro atoms. The Morgan fingerprint density at radius 3 is 2.47 bits per heavy atom. The van der Waals surface area contributed by atoms with Gasteiger partial charge in [-0.05, 0) is 41.7 Å². The van der Waals surface area contributed by atoms with E-state index in [4.69, 9.17) is 9.47 Å². The van der Waals surface area contributed by atoms with Crippen LogP contribution in [0.15, 0.2) is 66.7 Å². The van der Waals surface area contributed by atoms with E-state index in [2.05, 4.69) is 6.07 Å². The van der Waals surface area contributed by atoms with Gasteiger partial charge in [-0.25, -0.2) is 4.79 Å². The van der Waals surface area contributed by atoms with Crippen molar-refractivity contribution in [2.45, 2.75) is 33.1 Å². The Bertz CT molecular complexity index is 1050. The summed E-state index contributed by atoms with van der Waals surface area (Å²) < 4.78 is 10.9. The molecule has 0 heterocycles. The van der Waals surface area contributed by atoms with Crippen LogP contribution >= 0.6 is 0 Å². The van der Waals surface area contributed by atoms with Crippen LogP contribution in [0.5, 0.6) is 11.5 Å². The van der Waals surface area contributed by atoms with Crippen molar-refractivity contribution in [3.05, 3.63) is 72.3 Å². The molecule has 166 valence electrons. The van der Waals surface area contributed by atoms with Gasteiger partial charge in [0.25, 0.3) is 0 Å². The predicted molar refractivity (Wildman–Crippen MR) is 119 cm³/mol. The summed E-state index contributed by atoms with van der Waals surface area (Å²) in [4.78, 5) is 24.5. The normalized spacial score (nSPS) is 22.0. The average Bonchev–Trinajstić information content (AvgIpc) is 3.27. The second kappa shape index (κ2) is 9.27. The topological polar surface area (TPSA) is 96.6 Å². The van der Waals surface area contributed by atoms with E-state index in [1.807, 2.05) is 51.1 Å². The third-order valence-corrected chi connectivity index (χ3v) is 6.23. The minimum atomic E-state index is -1.38. The van der Waals surface area contributed by atoms with Crippen molar-refractivity contribution in [3.63, 3.8) is 0 Å². The van der Waals surface area contributed by atoms with Gasteiger partial charge in [-0.3, -0.25) is 4.79 Å². The van der Waals surface area contributed by atoms with Crippen molar-refractivity contribution < 1.29 is 24.2 Å². The van der Waals surface area contributed by atoms with Gasteiger partial charge in [-0.2, -0.15) is 5.26 Å². The molecule has 0 saturated heterocycles. The predicted octanol–water partition coefficient (Wildman–Crippen LogP) is 5.32. The first kappa shape index (κ1) is 23.1. The van der Waals surface area contributed by atoms with Gasteiger partial charge in [0.2, 0.25) is 0 Å². The Balaban J connectivity index is 1.92. The van der Waals surface area contributed by atoms with Gasteiger partial charge in [0.15, 0.2) is 0 Å². The van der Waals surface area contributed by atoms with Crippen molar-refractivity contribution in [2.24, 2.45) is 16.7 Å². The highest BCUT2D eigenvalue weighted by Gasteiger charge is 2.78. The number of carbonyl (C=O) groups is 2. The lowest BCUT2D eigenvalue weighted by atomic mass is 9.78. The molecule has 1 N–H and O–H groups in total. The van der Waals surface area contributed by atoms with Gasteiger partial charge in [0, 0.05) is 12.0 Å². The highest BCUT2D eigenvalue weighted by atomic mass is 16.5. The molecule has 6 nitrogen and oxygen atoms in total. The first-order valence-electron chi connectivity index (χ1n) is 10.6. The minimum Gasteiger partial charge on any atom is -0.481 e. The molecule has 1 saturated carbocycles. The number of allylic oxidation sites excluding steroid dienone is 1. The van der Waals surface area contributed by atoms with Crippen LogP contribution in [0.1, 0.15) is 38.7 Å². The number of nitriles is 1. The number of hydrogen-bond donors (Lipinski definition) is 1. The van der Waals surface area contributed by atoms with Crippen molar-refractivity contribution in [1.82, 2.24) is 0 Å². The van der Waals surface area contributed by atoms with Crippen LogP contribution in [0.2, 0.25) is 0 Å². The molecule has 0 aromatic heterocycles. The molecule has 0 radical (unpaired) electrons. The van der Waals surface area contributed by atoms with E-state index >= 15 is 0 Å². The number of benzene rings is 2. The average molecular weight is 434 g/mol. The van der Waals surface area contributed by atoms with E-state index < -0.39 is 34.6 Å². The Kier molecular flexibility index (Phi) is 6.69. The van der Waals surface area contributed by atoms with Gasteiger partial charge in [-0.1, -0.05) is 57.2 Å². The lowest BCUT2D eigenvalue weighted by Crippen LogP contribution is -2.28. The van der Waals surface area contributed by atoms with Crippen molar-refractivity contribution in [1.29, 1.82) is 5.26 Å². The molecule has 2 aromatic carbocycles. The van der Waals surface area contributed by atoms with Crippen molar-refractivity contribution in [3.8, 4) is 17.6 Å². The molecule has 1 aliphatic rings. The highest BCUT2D eigenvalue weighted by molar-refractivity contribution is 5.86. The van der Waals surface area contributed by atoms with Crippen LogP contribution in [-0.4, -0.2) is 23.7 Å². The molecular weight excluding hydrogens is 406 g/mol. The van der Waals surface area contributed by atoms with Crippen molar-refractivity contribution >= 4 is 11.9 Å². The molecule has 32 heavy (non-hydrogen) atoms. The zero-order valence-electron chi connectivity index (χ0n) is 18.4. The quantitative estimate of drug-likeness (QED) is 0.424. The summed E-state index contributed by atoms with van der Waals surface area (Å²) in [5.74, 6) is -1.87. The molecule has 1 unspecified atom stereocenters. The maximum absolute atomic E-state index is 12.5. The number of esters is 1. The van der Waals surface area contributed by atoms with Crippen molar-refractivity contribution in [2.75, 3.05) is 6.61 Å². The standard InChI is InChI=1S/C26H27NO5/c1-4-15-31-23(28)14-13-22-25(2,3)26(22,24(29)30)21(17-27)18-9-8-12-20(16-18)32-19-10-6-5-7-11-19/h5-14,16,21-22H,4,15H2,1-3H3,(H,29,30)/t21?,22-,26+/m0/s1. The smallest absolute Gasteiger partial charge is 0.330 e. The summed E-state index contributed by atoms with van der Waals surface area (Å²) in [5, 5.41) is 20.3. The number of ether oxygens (including phenoxy) is 2.